The summed E-state index contributed by atoms with van der Waals surface area (Å²) < 4.78 is 0. The van der Waals surface area contributed by atoms with Crippen molar-refractivity contribution in [2.45, 2.75) is 38.7 Å². The van der Waals surface area contributed by atoms with Gasteiger partial charge in [0.1, 0.15) is 0 Å². The summed E-state index contributed by atoms with van der Waals surface area (Å²) in [6, 6.07) is 0. The van der Waals surface area contributed by atoms with E-state index in [9.17, 15) is 5.11 Å². The van der Waals surface area contributed by atoms with Crippen molar-refractivity contribution < 1.29 is 5.11 Å². The van der Waals surface area contributed by atoms with Crippen LogP contribution in [0.15, 0.2) is 0 Å². The number of aliphatic hydroxyl groups excluding tert-OH is 1. The molecule has 1 aliphatic heterocycles. The van der Waals surface area contributed by atoms with E-state index in [1.54, 1.807) is 0 Å². The summed E-state index contributed by atoms with van der Waals surface area (Å²) in [6.45, 7) is 6.48. The van der Waals surface area contributed by atoms with Crippen LogP contribution in [0.25, 0.3) is 0 Å². The van der Waals surface area contributed by atoms with Gasteiger partial charge in [0.05, 0.1) is 6.10 Å². The number of nitrogens with zero attached hydrogens (tertiary/aromatic N) is 2. The highest BCUT2D eigenvalue weighted by Crippen LogP contribution is 2.20. The van der Waals surface area contributed by atoms with E-state index in [4.69, 9.17) is 0 Å². The SMILES string of the molecule is CCC(O)CN1CCC(CCN(C)C)CC1. The Labute approximate surface area is 100 Å². The fourth-order valence-electron chi connectivity index (χ4n) is 2.33. The van der Waals surface area contributed by atoms with Crippen LogP contribution in [0.5, 0.6) is 0 Å². The fraction of sp³-hybridized carbons (Fsp3) is 1.00. The van der Waals surface area contributed by atoms with Crippen LogP contribution >= 0.6 is 0 Å². The number of likely N-dealkylation sites (tertiary alicyclic amines) is 1. The van der Waals surface area contributed by atoms with Crippen molar-refractivity contribution in [2.24, 2.45) is 5.92 Å². The quantitative estimate of drug-likeness (QED) is 0.745. The van der Waals surface area contributed by atoms with E-state index in [2.05, 4.69) is 30.8 Å². The number of hydrogen-bond donors (Lipinski definition) is 1. The highest BCUT2D eigenvalue weighted by molar-refractivity contribution is 4.74. The first-order valence-electron chi connectivity index (χ1n) is 6.67. The zero-order valence-corrected chi connectivity index (χ0v) is 11.2. The zero-order valence-electron chi connectivity index (χ0n) is 11.2. The molecule has 3 heteroatoms. The van der Waals surface area contributed by atoms with Crippen molar-refractivity contribution in [1.29, 1.82) is 0 Å². The molecule has 0 aromatic heterocycles. The molecule has 1 aliphatic rings. The van der Waals surface area contributed by atoms with Crippen molar-refractivity contribution in [3.05, 3.63) is 0 Å². The molecule has 1 atom stereocenters. The topological polar surface area (TPSA) is 26.7 Å². The second kappa shape index (κ2) is 7.25. The lowest BCUT2D eigenvalue weighted by molar-refractivity contribution is 0.0846. The second-order valence-corrected chi connectivity index (χ2v) is 5.40. The molecular weight excluding hydrogens is 200 g/mol. The minimum absolute atomic E-state index is 0.127. The molecule has 16 heavy (non-hydrogen) atoms. The normalized spacial score (nSPS) is 21.6. The van der Waals surface area contributed by atoms with Gasteiger partial charge in [0.15, 0.2) is 0 Å². The van der Waals surface area contributed by atoms with Crippen LogP contribution in [0.3, 0.4) is 0 Å². The van der Waals surface area contributed by atoms with Crippen LogP contribution in [0.1, 0.15) is 32.6 Å². The molecule has 0 aliphatic carbocycles. The first-order chi connectivity index (χ1) is 7.61. The van der Waals surface area contributed by atoms with Crippen molar-refractivity contribution in [3.8, 4) is 0 Å². The van der Waals surface area contributed by atoms with Crippen molar-refractivity contribution in [3.63, 3.8) is 0 Å². The van der Waals surface area contributed by atoms with Gasteiger partial charge in [-0.15, -0.1) is 0 Å². The van der Waals surface area contributed by atoms with E-state index in [0.29, 0.717) is 0 Å². The number of rotatable bonds is 6. The molecule has 1 heterocycles. The molecule has 0 amide bonds. The summed E-state index contributed by atoms with van der Waals surface area (Å²) in [4.78, 5) is 4.69. The molecule has 0 radical (unpaired) electrons. The summed E-state index contributed by atoms with van der Waals surface area (Å²) in [5.41, 5.74) is 0. The Balaban J connectivity index is 2.13. The van der Waals surface area contributed by atoms with E-state index in [1.165, 1.54) is 38.9 Å². The Morgan fingerprint density at radius 1 is 1.31 bits per heavy atom. The van der Waals surface area contributed by atoms with Crippen LogP contribution in [0.4, 0.5) is 0 Å². The molecule has 1 rings (SSSR count). The third-order valence-corrected chi connectivity index (χ3v) is 3.63. The Morgan fingerprint density at radius 2 is 1.94 bits per heavy atom. The summed E-state index contributed by atoms with van der Waals surface area (Å²) in [5, 5.41) is 9.60. The third-order valence-electron chi connectivity index (χ3n) is 3.63. The van der Waals surface area contributed by atoms with Crippen LogP contribution < -0.4 is 0 Å². The molecular formula is C13H28N2O. The van der Waals surface area contributed by atoms with Gasteiger partial charge in [-0.05, 0) is 65.3 Å². The van der Waals surface area contributed by atoms with E-state index in [1.807, 2.05) is 0 Å². The Hall–Kier alpha value is -0.120. The smallest absolute Gasteiger partial charge is 0.0664 e. The van der Waals surface area contributed by atoms with Gasteiger partial charge in [0.2, 0.25) is 0 Å². The zero-order chi connectivity index (χ0) is 12.0. The minimum atomic E-state index is -0.127. The molecule has 0 bridgehead atoms. The molecule has 1 unspecified atom stereocenters. The van der Waals surface area contributed by atoms with E-state index >= 15 is 0 Å². The fourth-order valence-corrected chi connectivity index (χ4v) is 2.33. The van der Waals surface area contributed by atoms with Crippen molar-refractivity contribution in [2.75, 3.05) is 40.3 Å². The summed E-state index contributed by atoms with van der Waals surface area (Å²) in [6.07, 6.45) is 4.70. The van der Waals surface area contributed by atoms with Gasteiger partial charge in [-0.3, -0.25) is 0 Å². The lowest BCUT2D eigenvalue weighted by Gasteiger charge is -2.33. The number of piperidine rings is 1. The first-order valence-corrected chi connectivity index (χ1v) is 6.67. The Kier molecular flexibility index (Phi) is 6.32. The summed E-state index contributed by atoms with van der Waals surface area (Å²) >= 11 is 0. The lowest BCUT2D eigenvalue weighted by atomic mass is 9.93. The average Bonchev–Trinajstić information content (AvgIpc) is 2.28. The van der Waals surface area contributed by atoms with Gasteiger partial charge >= 0.3 is 0 Å². The van der Waals surface area contributed by atoms with Gasteiger partial charge in [-0.25, -0.2) is 0 Å². The number of aliphatic hydroxyl groups is 1. The van der Waals surface area contributed by atoms with Gasteiger partial charge in [-0.2, -0.15) is 0 Å². The number of hydrogen-bond acceptors (Lipinski definition) is 3. The van der Waals surface area contributed by atoms with E-state index in [0.717, 1.165) is 18.9 Å². The average molecular weight is 228 g/mol. The van der Waals surface area contributed by atoms with Crippen LogP contribution in [0.2, 0.25) is 0 Å². The Morgan fingerprint density at radius 3 is 2.44 bits per heavy atom. The molecule has 0 spiro atoms. The minimum Gasteiger partial charge on any atom is -0.392 e. The second-order valence-electron chi connectivity index (χ2n) is 5.40. The monoisotopic (exact) mass is 228 g/mol. The summed E-state index contributed by atoms with van der Waals surface area (Å²) in [7, 11) is 4.29. The predicted octanol–water partition coefficient (Wildman–Crippen LogP) is 1.42. The largest absolute Gasteiger partial charge is 0.392 e. The lowest BCUT2D eigenvalue weighted by Crippen LogP contribution is -2.39. The highest BCUT2D eigenvalue weighted by atomic mass is 16.3. The van der Waals surface area contributed by atoms with Crippen LogP contribution in [-0.2, 0) is 0 Å². The standard InChI is InChI=1S/C13H28N2O/c1-4-13(16)11-15-9-6-12(7-10-15)5-8-14(2)3/h12-13,16H,4-11H2,1-3H3. The molecule has 1 saturated heterocycles. The molecule has 0 aromatic carbocycles. The summed E-state index contributed by atoms with van der Waals surface area (Å²) in [5.74, 6) is 0.900. The van der Waals surface area contributed by atoms with Crippen molar-refractivity contribution >= 4 is 0 Å². The van der Waals surface area contributed by atoms with Gasteiger partial charge < -0.3 is 14.9 Å². The molecule has 96 valence electrons. The van der Waals surface area contributed by atoms with Gasteiger partial charge in [-0.1, -0.05) is 6.92 Å². The Bertz CT molecular complexity index is 177. The third kappa shape index (κ3) is 5.28. The number of β-amino-alcohol motifs (C(OH)–C–C–N with tert-alkyl or cyclic N) is 1. The predicted molar refractivity (Wildman–Crippen MR) is 68.6 cm³/mol. The maximum Gasteiger partial charge on any atom is 0.0664 e. The van der Waals surface area contributed by atoms with Crippen molar-refractivity contribution in [1.82, 2.24) is 9.80 Å². The van der Waals surface area contributed by atoms with Gasteiger partial charge in [0.25, 0.3) is 0 Å². The van der Waals surface area contributed by atoms with E-state index < -0.39 is 0 Å². The maximum atomic E-state index is 9.60. The molecule has 0 saturated carbocycles. The van der Waals surface area contributed by atoms with E-state index in [-0.39, 0.29) is 6.10 Å². The first kappa shape index (κ1) is 13.9. The van der Waals surface area contributed by atoms with Gasteiger partial charge in [0, 0.05) is 6.54 Å². The molecule has 0 aromatic rings. The van der Waals surface area contributed by atoms with Crippen LogP contribution in [0, 0.1) is 5.92 Å². The van der Waals surface area contributed by atoms with Crippen LogP contribution in [-0.4, -0.2) is 61.3 Å². The molecule has 1 N–H and O–H groups in total. The highest BCUT2D eigenvalue weighted by Gasteiger charge is 2.20. The maximum absolute atomic E-state index is 9.60. The molecule has 3 nitrogen and oxygen atoms in total. The molecule has 1 fully saturated rings.